The van der Waals surface area contributed by atoms with E-state index in [9.17, 15) is 9.90 Å². The van der Waals surface area contributed by atoms with Crippen LogP contribution in [0.3, 0.4) is 0 Å². The molecule has 0 spiro atoms. The van der Waals surface area contributed by atoms with Gasteiger partial charge in [0, 0.05) is 11.2 Å². The molecule has 2 aliphatic carbocycles. The molecule has 3 aliphatic rings. The summed E-state index contributed by atoms with van der Waals surface area (Å²) in [5.74, 6) is -0.152. The first-order valence-electron chi connectivity index (χ1n) is 7.10. The van der Waals surface area contributed by atoms with Crippen molar-refractivity contribution in [2.24, 2.45) is 11.3 Å². The van der Waals surface area contributed by atoms with Crippen LogP contribution in [0.25, 0.3) is 0 Å². The second kappa shape index (κ2) is 4.32. The first-order valence-corrected chi connectivity index (χ1v) is 8.22. The molecule has 2 fully saturated rings. The topological polar surface area (TPSA) is 46.5 Å². The molecule has 0 bridgehead atoms. The smallest absolute Gasteiger partial charge is 0.335 e. The van der Waals surface area contributed by atoms with E-state index < -0.39 is 5.60 Å². The largest absolute Gasteiger partial charge is 0.454 e. The second-order valence-electron chi connectivity index (χ2n) is 6.81. The molecule has 0 radical (unpaired) electrons. The zero-order chi connectivity index (χ0) is 13.8. The zero-order valence-corrected chi connectivity index (χ0v) is 13.1. The minimum atomic E-state index is -0.731. The van der Waals surface area contributed by atoms with Crippen molar-refractivity contribution in [1.29, 1.82) is 0 Å². The van der Waals surface area contributed by atoms with Crippen molar-refractivity contribution in [2.45, 2.75) is 57.7 Å². The molecule has 4 atom stereocenters. The summed E-state index contributed by atoms with van der Waals surface area (Å²) in [5, 5.41) is 11.4. The maximum absolute atomic E-state index is 12.0. The minimum Gasteiger partial charge on any atom is -0.454 e. The van der Waals surface area contributed by atoms with Gasteiger partial charge >= 0.3 is 5.97 Å². The van der Waals surface area contributed by atoms with Gasteiger partial charge in [0.1, 0.15) is 6.10 Å². The molecule has 4 heteroatoms. The molecule has 1 N–H and O–H groups in total. The number of carbonyl (C=O) groups excluding carboxylic acids is 1. The Balaban J connectivity index is 2.04. The Morgan fingerprint density at radius 2 is 2.11 bits per heavy atom. The van der Waals surface area contributed by atoms with E-state index in [0.717, 1.165) is 43.3 Å². The van der Waals surface area contributed by atoms with Crippen LogP contribution in [0.1, 0.15) is 46.0 Å². The summed E-state index contributed by atoms with van der Waals surface area (Å²) in [7, 11) is 0. The lowest BCUT2D eigenvalue weighted by Crippen LogP contribution is -2.56. The summed E-state index contributed by atoms with van der Waals surface area (Å²) < 4.78 is 5.64. The third-order valence-corrected chi connectivity index (χ3v) is 6.03. The van der Waals surface area contributed by atoms with E-state index in [1.165, 1.54) is 0 Å². The van der Waals surface area contributed by atoms with E-state index in [4.69, 9.17) is 4.74 Å². The zero-order valence-electron chi connectivity index (χ0n) is 11.5. The molecule has 106 valence electrons. The maximum atomic E-state index is 12.0. The minimum absolute atomic E-state index is 0.0398. The van der Waals surface area contributed by atoms with E-state index in [1.54, 1.807) is 0 Å². The van der Waals surface area contributed by atoms with E-state index in [-0.39, 0.29) is 23.4 Å². The average Bonchev–Trinajstić information content (AvgIpc) is 2.62. The highest BCUT2D eigenvalue weighted by Crippen LogP contribution is 2.57. The predicted octanol–water partition coefficient (Wildman–Crippen LogP) is 2.95. The predicted molar refractivity (Wildman–Crippen MR) is 76.0 cm³/mol. The molecule has 3 nitrogen and oxygen atoms in total. The van der Waals surface area contributed by atoms with Crippen LogP contribution < -0.4 is 0 Å². The van der Waals surface area contributed by atoms with Crippen molar-refractivity contribution >= 4 is 21.9 Å². The van der Waals surface area contributed by atoms with Gasteiger partial charge in [0.2, 0.25) is 0 Å². The van der Waals surface area contributed by atoms with Crippen LogP contribution in [0.2, 0.25) is 0 Å². The van der Waals surface area contributed by atoms with Crippen molar-refractivity contribution in [3.05, 3.63) is 11.1 Å². The number of ether oxygens (including phenoxy) is 1. The number of aliphatic hydroxyl groups is 1. The van der Waals surface area contributed by atoms with Gasteiger partial charge in [-0.1, -0.05) is 29.3 Å². The van der Waals surface area contributed by atoms with E-state index >= 15 is 0 Å². The van der Waals surface area contributed by atoms with E-state index in [2.05, 4.69) is 22.9 Å². The van der Waals surface area contributed by atoms with Gasteiger partial charge < -0.3 is 9.84 Å². The van der Waals surface area contributed by atoms with Crippen LogP contribution in [0.4, 0.5) is 0 Å². The maximum Gasteiger partial charge on any atom is 0.335 e. The molecule has 19 heavy (non-hydrogen) atoms. The Bertz CT molecular complexity index is 454. The summed E-state index contributed by atoms with van der Waals surface area (Å²) in [6.07, 6.45) is 4.77. The van der Waals surface area contributed by atoms with Crippen molar-refractivity contribution < 1.29 is 14.6 Å². The van der Waals surface area contributed by atoms with Gasteiger partial charge in [0.05, 0.1) is 11.2 Å². The molecular formula is C15H21BrO3. The molecule has 0 amide bonds. The molecule has 1 aliphatic heterocycles. The SMILES string of the molecule is C[C@]12CCC[C@@](C)(O)[C@@H]1[C@H]1OC(=O)C(CBr)=C1CC2. The van der Waals surface area contributed by atoms with E-state index in [0.29, 0.717) is 5.33 Å². The van der Waals surface area contributed by atoms with Gasteiger partial charge in [-0.15, -0.1) is 0 Å². The highest BCUT2D eigenvalue weighted by atomic mass is 79.9. The fourth-order valence-electron chi connectivity index (χ4n) is 4.57. The van der Waals surface area contributed by atoms with E-state index in [1.807, 2.05) is 6.92 Å². The fourth-order valence-corrected chi connectivity index (χ4v) is 5.16. The normalized spacial score (nSPS) is 45.8. The fraction of sp³-hybridized carbons (Fsp3) is 0.800. The number of hydrogen-bond acceptors (Lipinski definition) is 3. The standard InChI is InChI=1S/C15H21BrO3/c1-14-5-3-6-15(2,18)12(14)11-9(4-7-14)10(8-16)13(17)19-11/h11-12,18H,3-8H2,1-2H3/t11-,12+,14+,15+/m0/s1. The molecule has 3 rings (SSSR count). The summed E-state index contributed by atoms with van der Waals surface area (Å²) in [4.78, 5) is 12.0. The second-order valence-corrected chi connectivity index (χ2v) is 7.37. The van der Waals surface area contributed by atoms with Crippen molar-refractivity contribution in [3.8, 4) is 0 Å². The highest BCUT2D eigenvalue weighted by Gasteiger charge is 2.58. The number of halogens is 1. The molecule has 0 aromatic carbocycles. The molecule has 2 saturated carbocycles. The number of fused-ring (bicyclic) bond motifs is 3. The third-order valence-electron chi connectivity index (χ3n) is 5.46. The number of alkyl halides is 1. The van der Waals surface area contributed by atoms with Crippen LogP contribution in [-0.2, 0) is 9.53 Å². The quantitative estimate of drug-likeness (QED) is 0.594. The summed E-state index contributed by atoms with van der Waals surface area (Å²) in [6.45, 7) is 4.17. The number of rotatable bonds is 1. The lowest BCUT2D eigenvalue weighted by molar-refractivity contribution is -0.169. The Hall–Kier alpha value is -0.350. The molecule has 0 saturated heterocycles. The first kappa shape index (κ1) is 13.6. The average molecular weight is 329 g/mol. The van der Waals surface area contributed by atoms with Gasteiger partial charge in [-0.05, 0) is 43.6 Å². The van der Waals surface area contributed by atoms with Crippen LogP contribution in [0.5, 0.6) is 0 Å². The number of hydrogen-bond donors (Lipinski definition) is 1. The van der Waals surface area contributed by atoms with Gasteiger partial charge in [-0.25, -0.2) is 4.79 Å². The van der Waals surface area contributed by atoms with Crippen LogP contribution in [-0.4, -0.2) is 28.1 Å². The van der Waals surface area contributed by atoms with Gasteiger partial charge in [0.15, 0.2) is 0 Å². The van der Waals surface area contributed by atoms with Crippen LogP contribution in [0, 0.1) is 11.3 Å². The van der Waals surface area contributed by atoms with Crippen LogP contribution in [0.15, 0.2) is 11.1 Å². The summed E-state index contributed by atoms with van der Waals surface area (Å²) >= 11 is 3.39. The molecule has 0 aromatic heterocycles. The third kappa shape index (κ3) is 1.90. The van der Waals surface area contributed by atoms with Gasteiger partial charge in [-0.3, -0.25) is 0 Å². The van der Waals surface area contributed by atoms with Crippen molar-refractivity contribution in [1.82, 2.24) is 0 Å². The number of carbonyl (C=O) groups is 1. The Kier molecular flexibility index (Phi) is 3.10. The van der Waals surface area contributed by atoms with Gasteiger partial charge in [-0.2, -0.15) is 0 Å². The molecule has 0 unspecified atom stereocenters. The van der Waals surface area contributed by atoms with Crippen molar-refractivity contribution in [2.75, 3.05) is 5.33 Å². The lowest BCUT2D eigenvalue weighted by atomic mass is 9.53. The number of esters is 1. The van der Waals surface area contributed by atoms with Gasteiger partial charge in [0.25, 0.3) is 0 Å². The molecular weight excluding hydrogens is 308 g/mol. The Labute approximate surface area is 122 Å². The Morgan fingerprint density at radius 1 is 1.37 bits per heavy atom. The molecule has 0 aromatic rings. The molecule has 1 heterocycles. The summed E-state index contributed by atoms with van der Waals surface area (Å²) in [6, 6.07) is 0. The first-order chi connectivity index (χ1) is 8.89. The van der Waals surface area contributed by atoms with Crippen molar-refractivity contribution in [3.63, 3.8) is 0 Å². The van der Waals surface area contributed by atoms with Crippen LogP contribution >= 0.6 is 15.9 Å². The monoisotopic (exact) mass is 328 g/mol. The Morgan fingerprint density at radius 3 is 2.79 bits per heavy atom. The highest BCUT2D eigenvalue weighted by molar-refractivity contribution is 9.09. The summed E-state index contributed by atoms with van der Waals surface area (Å²) in [5.41, 5.74) is 1.28. The lowest BCUT2D eigenvalue weighted by Gasteiger charge is -2.54.